The zero-order valence-corrected chi connectivity index (χ0v) is 29.6. The third-order valence-corrected chi connectivity index (χ3v) is 9.57. The minimum Gasteiger partial charge on any atom is -0.508 e. The summed E-state index contributed by atoms with van der Waals surface area (Å²) < 4.78 is 22.6. The van der Waals surface area contributed by atoms with E-state index in [1.54, 1.807) is 12.1 Å². The number of halogens is 2. The molecule has 0 aliphatic carbocycles. The second-order valence-electron chi connectivity index (χ2n) is 14.0. The highest BCUT2D eigenvalue weighted by Gasteiger charge is 2.45. The number of aromatic hydroxyl groups is 1. The number of nitrogens with zero attached hydrogens (tertiary/aromatic N) is 5. The Balaban J connectivity index is 1.57. The molecule has 2 N–H and O–H groups in total. The lowest BCUT2D eigenvalue weighted by Gasteiger charge is -2.42. The van der Waals surface area contributed by atoms with Crippen LogP contribution in [0.1, 0.15) is 52.0 Å². The Morgan fingerprint density at radius 3 is 2.48 bits per heavy atom. The number of carbonyl (C=O) groups excluding carboxylic acids is 1. The molecule has 2 fully saturated rings. The zero-order chi connectivity index (χ0) is 34.7. The van der Waals surface area contributed by atoms with Crippen molar-refractivity contribution in [2.75, 3.05) is 47.3 Å². The number of aliphatic imine (C=N–C) groups is 2. The molecule has 11 heteroatoms. The minimum atomic E-state index is -0.633. The number of likely N-dealkylation sites (tertiary alicyclic amines) is 1. The molecule has 2 saturated heterocycles. The van der Waals surface area contributed by atoms with Crippen molar-refractivity contribution in [2.24, 2.45) is 9.98 Å². The second-order valence-corrected chi connectivity index (χ2v) is 14.4. The van der Waals surface area contributed by atoms with E-state index in [9.17, 15) is 9.90 Å². The third kappa shape index (κ3) is 7.61. The normalized spacial score (nSPS) is 18.9. The van der Waals surface area contributed by atoms with Gasteiger partial charge in [-0.15, -0.1) is 0 Å². The van der Waals surface area contributed by atoms with Crippen molar-refractivity contribution < 1.29 is 19.0 Å². The van der Waals surface area contributed by atoms with Crippen LogP contribution in [0.4, 0.5) is 14.9 Å². The summed E-state index contributed by atoms with van der Waals surface area (Å²) in [4.78, 5) is 28.8. The first-order chi connectivity index (χ1) is 22.8. The smallest absolute Gasteiger partial charge is 0.410 e. The molecule has 9 nitrogen and oxygen atoms in total. The maximum atomic E-state index is 16.8. The van der Waals surface area contributed by atoms with E-state index < -0.39 is 11.4 Å². The average molecular weight is 679 g/mol. The lowest BCUT2D eigenvalue weighted by atomic mass is 9.95. The highest BCUT2D eigenvalue weighted by Crippen LogP contribution is 2.43. The van der Waals surface area contributed by atoms with E-state index in [4.69, 9.17) is 21.3 Å². The van der Waals surface area contributed by atoms with Crippen molar-refractivity contribution in [2.45, 2.75) is 70.2 Å². The number of carbonyl (C=O) groups is 1. The number of hydrogen-bond acceptors (Lipinski definition) is 7. The standard InChI is InChI=1S/C37H48ClFN6O3/c1-37(2,3)48-36(47)45-25-12-13-26(45)22-44(21-25)35(42-17-15-24(43(6)7)14-16-40-4)30-20-31(38)32(33(39)34(30)41-5)29-19-27(46)18-23-10-8-9-11-28(23)29/h8-11,18-20,24-26,40,46H,5,12-17,21-22H2,1-4,6-7H3/b42-35+. The number of amidine groups is 1. The van der Waals surface area contributed by atoms with Gasteiger partial charge >= 0.3 is 6.09 Å². The van der Waals surface area contributed by atoms with E-state index >= 15 is 4.39 Å². The monoisotopic (exact) mass is 678 g/mol. The van der Waals surface area contributed by atoms with Gasteiger partial charge < -0.3 is 25.0 Å². The fourth-order valence-electron chi connectivity index (χ4n) is 7.02. The quantitative estimate of drug-likeness (QED) is 0.176. The van der Waals surface area contributed by atoms with Gasteiger partial charge in [-0.3, -0.25) is 14.9 Å². The largest absolute Gasteiger partial charge is 0.508 e. The molecule has 0 aromatic heterocycles. The van der Waals surface area contributed by atoms with E-state index in [2.05, 4.69) is 40.9 Å². The van der Waals surface area contributed by atoms with Gasteiger partial charge in [0.05, 0.1) is 17.1 Å². The van der Waals surface area contributed by atoms with Crippen LogP contribution in [0.2, 0.25) is 5.02 Å². The molecule has 258 valence electrons. The van der Waals surface area contributed by atoms with Crippen molar-refractivity contribution in [3.05, 3.63) is 58.9 Å². The Hall–Kier alpha value is -3.73. The maximum Gasteiger partial charge on any atom is 0.410 e. The second kappa shape index (κ2) is 14.8. The molecule has 2 aliphatic heterocycles. The zero-order valence-electron chi connectivity index (χ0n) is 28.9. The van der Waals surface area contributed by atoms with Gasteiger partial charge in [0.1, 0.15) is 22.9 Å². The molecule has 48 heavy (non-hydrogen) atoms. The first-order valence-corrected chi connectivity index (χ1v) is 17.0. The summed E-state index contributed by atoms with van der Waals surface area (Å²) in [5.74, 6) is -0.0467. The van der Waals surface area contributed by atoms with Crippen LogP contribution in [-0.4, -0.2) is 110 Å². The van der Waals surface area contributed by atoms with Crippen LogP contribution in [0, 0.1) is 5.82 Å². The summed E-state index contributed by atoms with van der Waals surface area (Å²) in [6.07, 6.45) is 3.12. The summed E-state index contributed by atoms with van der Waals surface area (Å²) in [6.45, 7) is 11.8. The number of rotatable bonds is 10. The number of amides is 1. The number of hydrogen-bond donors (Lipinski definition) is 2. The van der Waals surface area contributed by atoms with Crippen LogP contribution >= 0.6 is 11.6 Å². The molecule has 2 aliphatic rings. The van der Waals surface area contributed by atoms with Gasteiger partial charge in [0.15, 0.2) is 5.82 Å². The summed E-state index contributed by atoms with van der Waals surface area (Å²) >= 11 is 6.97. The maximum absolute atomic E-state index is 16.8. The Kier molecular flexibility index (Phi) is 11.0. The number of benzene rings is 3. The van der Waals surface area contributed by atoms with Crippen molar-refractivity contribution in [1.29, 1.82) is 0 Å². The van der Waals surface area contributed by atoms with E-state index in [1.807, 2.05) is 57.0 Å². The van der Waals surface area contributed by atoms with Gasteiger partial charge in [-0.2, -0.15) is 0 Å². The Labute approximate surface area is 288 Å². The molecule has 3 aromatic rings. The molecule has 0 radical (unpaired) electrons. The van der Waals surface area contributed by atoms with Gasteiger partial charge in [0, 0.05) is 36.8 Å². The predicted molar refractivity (Wildman–Crippen MR) is 194 cm³/mol. The number of piperazine rings is 1. The number of phenolic OH excluding ortho intramolecular Hbond substituents is 1. The first-order valence-electron chi connectivity index (χ1n) is 16.7. The van der Waals surface area contributed by atoms with Gasteiger partial charge in [0.2, 0.25) is 0 Å². The van der Waals surface area contributed by atoms with Crippen LogP contribution in [0.25, 0.3) is 21.9 Å². The molecule has 3 atom stereocenters. The van der Waals surface area contributed by atoms with Gasteiger partial charge in [-0.05, 0) is 115 Å². The van der Waals surface area contributed by atoms with Crippen LogP contribution in [0.3, 0.4) is 0 Å². The first kappa shape index (κ1) is 35.6. The molecule has 5 rings (SSSR count). The van der Waals surface area contributed by atoms with Crippen molar-refractivity contribution in [1.82, 2.24) is 20.0 Å². The topological polar surface area (TPSA) is 93.0 Å². The summed E-state index contributed by atoms with van der Waals surface area (Å²) in [5.41, 5.74) is 0.497. The molecule has 3 unspecified atom stereocenters. The van der Waals surface area contributed by atoms with Gasteiger partial charge in [0.25, 0.3) is 0 Å². The Morgan fingerprint density at radius 1 is 1.17 bits per heavy atom. The van der Waals surface area contributed by atoms with Crippen molar-refractivity contribution in [3.63, 3.8) is 0 Å². The highest BCUT2D eigenvalue weighted by atomic mass is 35.5. The van der Waals surface area contributed by atoms with Gasteiger partial charge in [-0.25, -0.2) is 9.18 Å². The predicted octanol–water partition coefficient (Wildman–Crippen LogP) is 7.10. The molecular formula is C37H48ClFN6O3. The number of phenols is 1. The van der Waals surface area contributed by atoms with E-state index in [-0.39, 0.29) is 40.2 Å². The fourth-order valence-corrected chi connectivity index (χ4v) is 7.31. The van der Waals surface area contributed by atoms with E-state index in [0.29, 0.717) is 42.6 Å². The third-order valence-electron chi connectivity index (χ3n) is 9.28. The minimum absolute atomic E-state index is 0.00524. The van der Waals surface area contributed by atoms with Crippen molar-refractivity contribution in [3.8, 4) is 16.9 Å². The number of ether oxygens (including phenoxy) is 1. The molecule has 0 saturated carbocycles. The molecular weight excluding hydrogens is 631 g/mol. The average Bonchev–Trinajstić information content (AvgIpc) is 3.29. The van der Waals surface area contributed by atoms with Crippen LogP contribution in [0.5, 0.6) is 5.75 Å². The summed E-state index contributed by atoms with van der Waals surface area (Å²) in [6, 6.07) is 12.5. The van der Waals surface area contributed by atoms with Crippen LogP contribution < -0.4 is 5.32 Å². The number of fused-ring (bicyclic) bond motifs is 3. The van der Waals surface area contributed by atoms with Gasteiger partial charge in [-0.1, -0.05) is 35.9 Å². The van der Waals surface area contributed by atoms with Crippen LogP contribution in [-0.2, 0) is 4.74 Å². The molecule has 3 aromatic carbocycles. The lowest BCUT2D eigenvalue weighted by molar-refractivity contribution is 0.00283. The molecule has 1 amide bonds. The summed E-state index contributed by atoms with van der Waals surface area (Å²) in [7, 11) is 6.08. The van der Waals surface area contributed by atoms with Crippen molar-refractivity contribution >= 4 is 46.7 Å². The highest BCUT2D eigenvalue weighted by molar-refractivity contribution is 6.34. The molecule has 2 bridgehead atoms. The van der Waals surface area contributed by atoms with Crippen LogP contribution in [0.15, 0.2) is 52.4 Å². The molecule has 2 heterocycles. The summed E-state index contributed by atoms with van der Waals surface area (Å²) in [5, 5.41) is 15.4. The Bertz CT molecular complexity index is 1680. The Morgan fingerprint density at radius 2 is 1.85 bits per heavy atom. The van der Waals surface area contributed by atoms with E-state index in [0.717, 1.165) is 43.0 Å². The van der Waals surface area contributed by atoms with E-state index in [1.165, 1.54) is 6.07 Å². The number of nitrogens with one attached hydrogen (secondary N) is 1. The molecule has 0 spiro atoms. The fraction of sp³-hybridized carbons (Fsp3) is 0.486. The SMILES string of the molecule is C=Nc1c(/C(=N\CCC(CCNC)N(C)C)N2CC3CCC(C2)N3C(=O)OC(C)(C)C)cc(Cl)c(-c2cc(O)cc3ccccc23)c1F. The lowest BCUT2D eigenvalue weighted by Crippen LogP contribution is -2.58.